The summed E-state index contributed by atoms with van der Waals surface area (Å²) in [5, 5.41) is 7.23. The van der Waals surface area contributed by atoms with Gasteiger partial charge in [0.05, 0.1) is 18.7 Å². The van der Waals surface area contributed by atoms with Gasteiger partial charge < -0.3 is 4.42 Å². The zero-order valence-electron chi connectivity index (χ0n) is 14.4. The highest BCUT2D eigenvalue weighted by Crippen LogP contribution is 2.33. The Morgan fingerprint density at radius 1 is 1.13 bits per heavy atom. The Morgan fingerprint density at radius 2 is 1.90 bits per heavy atom. The van der Waals surface area contributed by atoms with Gasteiger partial charge in [0.15, 0.2) is 16.9 Å². The Balaban J connectivity index is 1.68. The average molecular weight is 434 g/mol. The van der Waals surface area contributed by atoms with Crippen molar-refractivity contribution in [3.63, 3.8) is 0 Å². The van der Waals surface area contributed by atoms with Crippen molar-refractivity contribution in [2.75, 3.05) is 6.61 Å². The van der Waals surface area contributed by atoms with E-state index in [9.17, 15) is 31.1 Å². The fraction of sp³-hybridized carbons (Fsp3) is 0.267. The topological polar surface area (TPSA) is 100 Å². The molecule has 3 heterocycles. The molecule has 30 heavy (non-hydrogen) atoms. The second kappa shape index (κ2) is 6.79. The van der Waals surface area contributed by atoms with Gasteiger partial charge in [0.25, 0.3) is 0 Å². The van der Waals surface area contributed by atoms with Gasteiger partial charge >= 0.3 is 18.2 Å². The van der Waals surface area contributed by atoms with Gasteiger partial charge in [-0.2, -0.15) is 17.9 Å². The van der Waals surface area contributed by atoms with Gasteiger partial charge in [-0.1, -0.05) is 5.21 Å². The standard InChI is InChI=1S/C15H8F6N6O3/c16-14(17,18)7-1-2-9-8(5-7)23-12(30-9)10-11-24-25-27(3-4-29-15(19,20)21)13(28)26(11)6-22-10/h1-2,5-6H,3-4H2. The van der Waals surface area contributed by atoms with Crippen LogP contribution in [0, 0.1) is 0 Å². The highest BCUT2D eigenvalue weighted by atomic mass is 19.4. The Morgan fingerprint density at radius 3 is 2.60 bits per heavy atom. The predicted molar refractivity (Wildman–Crippen MR) is 85.1 cm³/mol. The first kappa shape index (κ1) is 19.8. The molecule has 0 aliphatic heterocycles. The number of alkyl halides is 6. The molecule has 0 radical (unpaired) electrons. The van der Waals surface area contributed by atoms with Gasteiger partial charge in [0, 0.05) is 0 Å². The van der Waals surface area contributed by atoms with E-state index in [1.165, 1.54) is 0 Å². The smallest absolute Gasteiger partial charge is 0.435 e. The lowest BCUT2D eigenvalue weighted by Crippen LogP contribution is -2.32. The van der Waals surface area contributed by atoms with Crippen LogP contribution in [-0.2, 0) is 17.5 Å². The third kappa shape index (κ3) is 3.70. The monoisotopic (exact) mass is 434 g/mol. The first-order chi connectivity index (χ1) is 14.0. The molecule has 158 valence electrons. The molecule has 0 aliphatic carbocycles. The van der Waals surface area contributed by atoms with Crippen molar-refractivity contribution in [1.82, 2.24) is 29.4 Å². The minimum absolute atomic E-state index is 0.0461. The van der Waals surface area contributed by atoms with Crippen LogP contribution in [0.1, 0.15) is 5.56 Å². The van der Waals surface area contributed by atoms with Crippen molar-refractivity contribution >= 4 is 16.7 Å². The van der Waals surface area contributed by atoms with Gasteiger partial charge in [-0.05, 0) is 18.2 Å². The minimum atomic E-state index is -4.86. The summed E-state index contributed by atoms with van der Waals surface area (Å²) in [5.74, 6) is -0.210. The normalized spacial score (nSPS) is 12.9. The van der Waals surface area contributed by atoms with E-state index in [-0.39, 0.29) is 28.3 Å². The molecule has 1 aromatic carbocycles. The molecule has 0 N–H and O–H groups in total. The van der Waals surface area contributed by atoms with Gasteiger partial charge in [0.2, 0.25) is 5.89 Å². The molecular weight excluding hydrogens is 426 g/mol. The van der Waals surface area contributed by atoms with E-state index in [1.54, 1.807) is 0 Å². The molecule has 0 amide bonds. The number of nitrogens with zero attached hydrogens (tertiary/aromatic N) is 6. The summed E-state index contributed by atoms with van der Waals surface area (Å²) in [5.41, 5.74) is -2.05. The maximum atomic E-state index is 12.8. The molecule has 0 aliphatic rings. The van der Waals surface area contributed by atoms with Crippen LogP contribution in [0.5, 0.6) is 0 Å². The first-order valence-electron chi connectivity index (χ1n) is 8.02. The fourth-order valence-electron chi connectivity index (χ4n) is 2.58. The van der Waals surface area contributed by atoms with Crippen molar-refractivity contribution in [1.29, 1.82) is 0 Å². The number of imidazole rings is 1. The molecule has 0 atom stereocenters. The molecule has 0 unspecified atom stereocenters. The zero-order chi connectivity index (χ0) is 21.7. The quantitative estimate of drug-likeness (QED) is 0.455. The summed E-state index contributed by atoms with van der Waals surface area (Å²) in [7, 11) is 0. The number of hydrogen-bond acceptors (Lipinski definition) is 7. The number of aromatic nitrogens is 6. The highest BCUT2D eigenvalue weighted by molar-refractivity contribution is 5.79. The Bertz CT molecular complexity index is 1290. The highest BCUT2D eigenvalue weighted by Gasteiger charge is 2.31. The third-order valence-corrected chi connectivity index (χ3v) is 3.90. The van der Waals surface area contributed by atoms with E-state index in [2.05, 4.69) is 25.0 Å². The van der Waals surface area contributed by atoms with E-state index in [4.69, 9.17) is 4.42 Å². The Hall–Kier alpha value is -3.49. The van der Waals surface area contributed by atoms with Gasteiger partial charge in [-0.3, -0.25) is 4.74 Å². The maximum Gasteiger partial charge on any atom is 0.522 e. The Kier molecular flexibility index (Phi) is 4.48. The lowest BCUT2D eigenvalue weighted by atomic mass is 10.2. The van der Waals surface area contributed by atoms with Crippen LogP contribution in [0.25, 0.3) is 28.3 Å². The largest absolute Gasteiger partial charge is 0.522 e. The summed E-state index contributed by atoms with van der Waals surface area (Å²) in [6.07, 6.45) is -8.41. The number of hydrogen-bond donors (Lipinski definition) is 0. The van der Waals surface area contributed by atoms with Crippen LogP contribution in [-0.4, -0.2) is 42.3 Å². The van der Waals surface area contributed by atoms with E-state index in [0.717, 1.165) is 28.9 Å². The molecule has 0 bridgehead atoms. The summed E-state index contributed by atoms with van der Waals surface area (Å²) < 4.78 is 85.1. The number of oxazole rings is 1. The maximum absolute atomic E-state index is 12.8. The molecule has 4 aromatic rings. The summed E-state index contributed by atoms with van der Waals surface area (Å²) in [6.45, 7) is -1.39. The molecule has 0 fully saturated rings. The minimum Gasteiger partial charge on any atom is -0.435 e. The molecule has 0 spiro atoms. The van der Waals surface area contributed by atoms with Crippen LogP contribution >= 0.6 is 0 Å². The van der Waals surface area contributed by atoms with E-state index < -0.39 is 36.9 Å². The van der Waals surface area contributed by atoms with Crippen LogP contribution in [0.15, 0.2) is 33.7 Å². The molecular formula is C15H8F6N6O3. The van der Waals surface area contributed by atoms with Gasteiger partial charge in [-0.25, -0.2) is 19.2 Å². The zero-order valence-corrected chi connectivity index (χ0v) is 14.4. The van der Waals surface area contributed by atoms with Crippen molar-refractivity contribution in [2.24, 2.45) is 0 Å². The summed E-state index contributed by atoms with van der Waals surface area (Å²) in [6, 6.07) is 2.70. The molecule has 0 saturated carbocycles. The lowest BCUT2D eigenvalue weighted by Gasteiger charge is -2.07. The van der Waals surface area contributed by atoms with Crippen molar-refractivity contribution in [3.05, 3.63) is 40.6 Å². The van der Waals surface area contributed by atoms with Gasteiger partial charge in [0.1, 0.15) is 11.8 Å². The summed E-state index contributed by atoms with van der Waals surface area (Å²) in [4.78, 5) is 20.2. The third-order valence-electron chi connectivity index (χ3n) is 3.90. The second-order valence-electron chi connectivity index (χ2n) is 5.88. The molecule has 15 heteroatoms. The van der Waals surface area contributed by atoms with E-state index in [0.29, 0.717) is 4.68 Å². The average Bonchev–Trinajstić information content (AvgIpc) is 3.25. The van der Waals surface area contributed by atoms with Crippen LogP contribution < -0.4 is 5.69 Å². The number of rotatable bonds is 4. The van der Waals surface area contributed by atoms with Gasteiger partial charge in [-0.15, -0.1) is 18.3 Å². The molecule has 9 nitrogen and oxygen atoms in total. The van der Waals surface area contributed by atoms with E-state index >= 15 is 0 Å². The summed E-state index contributed by atoms with van der Waals surface area (Å²) >= 11 is 0. The van der Waals surface area contributed by atoms with Crippen LogP contribution in [0.2, 0.25) is 0 Å². The molecule has 0 saturated heterocycles. The number of fused-ring (bicyclic) bond motifs is 2. The Labute approximate surface area is 160 Å². The van der Waals surface area contributed by atoms with Crippen molar-refractivity contribution in [2.45, 2.75) is 19.1 Å². The van der Waals surface area contributed by atoms with Crippen molar-refractivity contribution < 1.29 is 35.5 Å². The SMILES string of the molecule is O=c1n(CCOC(F)(F)F)nnc2c(-c3nc4cc(C(F)(F)F)ccc4o3)ncn12. The molecule has 4 rings (SSSR count). The van der Waals surface area contributed by atoms with Crippen LogP contribution in [0.3, 0.4) is 0 Å². The first-order valence-corrected chi connectivity index (χ1v) is 8.02. The van der Waals surface area contributed by atoms with E-state index in [1.807, 2.05) is 0 Å². The number of halogens is 6. The lowest BCUT2D eigenvalue weighted by molar-refractivity contribution is -0.325. The number of ether oxygens (including phenoxy) is 1. The van der Waals surface area contributed by atoms with Crippen molar-refractivity contribution in [3.8, 4) is 11.6 Å². The van der Waals surface area contributed by atoms with Crippen LogP contribution in [0.4, 0.5) is 26.3 Å². The fourth-order valence-corrected chi connectivity index (χ4v) is 2.58. The second-order valence-corrected chi connectivity index (χ2v) is 5.88. The number of benzene rings is 1. The molecule has 3 aromatic heterocycles. The predicted octanol–water partition coefficient (Wildman–Crippen LogP) is 2.65.